The zero-order valence-corrected chi connectivity index (χ0v) is 5.66. The first-order valence-corrected chi connectivity index (χ1v) is 2.19. The van der Waals surface area contributed by atoms with Gasteiger partial charge in [-0.05, 0) is 0 Å². The molecule has 0 amide bonds. The van der Waals surface area contributed by atoms with E-state index in [-0.39, 0.29) is 40.1 Å². The van der Waals surface area contributed by atoms with Gasteiger partial charge in [-0.1, -0.05) is 0 Å². The molecule has 0 atom stereocenters. The van der Waals surface area contributed by atoms with Crippen LogP contribution < -0.4 is 33.5 Å². The number of hydrogen-bond donors (Lipinski definition) is 0. The molecule has 0 rings (SSSR count). The summed E-state index contributed by atoms with van der Waals surface area (Å²) in [6.07, 6.45) is 0. The van der Waals surface area contributed by atoms with Crippen LogP contribution in [0.2, 0.25) is 0 Å². The summed E-state index contributed by atoms with van der Waals surface area (Å²) < 4.78 is 8.55. The molecule has 4 nitrogen and oxygen atoms in total. The summed E-state index contributed by atoms with van der Waals surface area (Å²) in [6.45, 7) is 0. The third kappa shape index (κ3) is 210. The van der Waals surface area contributed by atoms with Crippen LogP contribution in [0.4, 0.5) is 4.70 Å². The predicted octanol–water partition coefficient (Wildman–Crippen LogP) is -5.40. The summed E-state index contributed by atoms with van der Waals surface area (Å²) >= 11 is 0. The van der Waals surface area contributed by atoms with Crippen molar-refractivity contribution in [3.8, 4) is 0 Å². The van der Waals surface area contributed by atoms with Crippen molar-refractivity contribution in [3.05, 3.63) is 0 Å². The third-order valence-corrected chi connectivity index (χ3v) is 0. The molecule has 0 aromatic carbocycles. The summed E-state index contributed by atoms with van der Waals surface area (Å²) in [5.41, 5.74) is 0. The molecule has 1 radical (unpaired) electrons. The minimum absolute atomic E-state index is 0. The fourth-order valence-corrected chi connectivity index (χ4v) is 0. The number of hydrogen-bond acceptors (Lipinski definition) is 4. The molecular weight excluding hydrogens is 180 g/mol. The Morgan fingerprint density at radius 3 is 1.12 bits per heavy atom. The maximum atomic E-state index is 8.55. The van der Waals surface area contributed by atoms with Crippen molar-refractivity contribution in [3.63, 3.8) is 0 Å². The molecule has 0 saturated heterocycles. The van der Waals surface area contributed by atoms with Crippen LogP contribution in [-0.2, 0) is 21.1 Å². The molecule has 0 saturated carbocycles. The van der Waals surface area contributed by atoms with E-state index in [0.717, 1.165) is 0 Å². The molecule has 0 aromatic heterocycles. The Kier molecular flexibility index (Phi) is 23.3. The van der Waals surface area contributed by atoms with Crippen LogP contribution in [0.5, 0.6) is 0 Å². The van der Waals surface area contributed by atoms with Crippen molar-refractivity contribution in [1.82, 2.24) is 0 Å². The quantitative estimate of drug-likeness (QED) is 0.274. The Labute approximate surface area is 67.4 Å². The molecule has 47 valence electrons. The van der Waals surface area contributed by atoms with Gasteiger partial charge in [0.15, 0.2) is 0 Å². The molecule has 0 aromatic rings. The van der Waals surface area contributed by atoms with Crippen LogP contribution in [0.15, 0.2) is 0 Å². The number of rotatable bonds is 0. The van der Waals surface area contributed by atoms with Gasteiger partial charge in [-0.15, -0.1) is 0 Å². The van der Waals surface area contributed by atoms with Crippen LogP contribution in [0.1, 0.15) is 0 Å². The van der Waals surface area contributed by atoms with Gasteiger partial charge in [0.05, 0.1) is 0 Å². The second kappa shape index (κ2) is 8.13. The average molecular weight is 180 g/mol. The largest absolute Gasteiger partial charge is 2.00 e. The Morgan fingerprint density at radius 2 is 1.12 bits per heavy atom. The molecule has 0 aliphatic rings. The Morgan fingerprint density at radius 1 is 1.12 bits per heavy atom. The van der Waals surface area contributed by atoms with Gasteiger partial charge in [-0.2, -0.15) is 7.82 Å². The van der Waals surface area contributed by atoms with E-state index in [0.29, 0.717) is 0 Å². The summed E-state index contributed by atoms with van der Waals surface area (Å²) in [6, 6.07) is 0. The van der Waals surface area contributed by atoms with Crippen LogP contribution in [0, 0.1) is 0 Å². The molecule has 0 heterocycles. The van der Waals surface area contributed by atoms with Gasteiger partial charge in [0, 0.05) is 4.70 Å². The molecule has 0 unspecified atom stereocenters. The zero-order chi connectivity index (χ0) is 4.50. The van der Waals surface area contributed by atoms with Crippen molar-refractivity contribution < 1.29 is 59.3 Å². The minimum Gasteiger partial charge on any atom is -0.822 e. The Hall–Kier alpha value is 1.13. The van der Waals surface area contributed by atoms with Gasteiger partial charge in [-0.25, -0.2) is 0 Å². The van der Waals surface area contributed by atoms with E-state index in [1.165, 1.54) is 0 Å². The molecule has 0 aliphatic heterocycles. The molecule has 0 bridgehead atoms. The predicted molar refractivity (Wildman–Crippen MR) is 8.71 cm³/mol. The van der Waals surface area contributed by atoms with E-state index in [1.54, 1.807) is 0 Å². The van der Waals surface area contributed by atoms with E-state index >= 15 is 0 Å². The summed E-state index contributed by atoms with van der Waals surface area (Å²) in [4.78, 5) is 25.6. The molecule has 8 heteroatoms. The standard InChI is InChI=1S/F.Li.Ni.H3O4P/c;;;1-5(2,3)4/h;;;(H3,1,2,3,4)/q;+1;+2;/p-3. The SMILES string of the molecule is O=P([O-])([O-])[O-].[F].[Li+].[Ni+2]. The van der Waals surface area contributed by atoms with Gasteiger partial charge < -0.3 is 19.2 Å². The van der Waals surface area contributed by atoms with Crippen LogP contribution in [0.3, 0.4) is 0 Å². The van der Waals surface area contributed by atoms with Gasteiger partial charge in [-0.3, -0.25) is 0 Å². The van der Waals surface area contributed by atoms with Gasteiger partial charge in [0.1, 0.15) is 0 Å². The first-order valence-electron chi connectivity index (χ1n) is 0.730. The first kappa shape index (κ1) is 22.9. The molecule has 8 heavy (non-hydrogen) atoms. The van der Waals surface area contributed by atoms with Gasteiger partial charge >= 0.3 is 35.4 Å². The Balaban J connectivity index is -0.0000000267. The fourth-order valence-electron chi connectivity index (χ4n) is 0. The number of phosphoric acid groups is 1. The molecular formula is FLiNiO4P. The topological polar surface area (TPSA) is 86.2 Å². The smallest absolute Gasteiger partial charge is 0.822 e. The maximum Gasteiger partial charge on any atom is 2.00 e. The van der Waals surface area contributed by atoms with E-state index in [1.807, 2.05) is 0 Å². The van der Waals surface area contributed by atoms with E-state index < -0.39 is 7.82 Å². The average Bonchev–Trinajstić information content (AvgIpc) is 0.722. The van der Waals surface area contributed by atoms with Gasteiger partial charge in [0.25, 0.3) is 0 Å². The summed E-state index contributed by atoms with van der Waals surface area (Å²) in [7, 11) is -5.39. The minimum atomic E-state index is -5.39. The molecule has 0 fully saturated rings. The van der Waals surface area contributed by atoms with Crippen LogP contribution >= 0.6 is 7.82 Å². The molecule has 0 N–H and O–H groups in total. The van der Waals surface area contributed by atoms with Crippen molar-refractivity contribution >= 4 is 7.82 Å². The van der Waals surface area contributed by atoms with Crippen molar-refractivity contribution in [2.75, 3.05) is 0 Å². The normalized spacial score (nSPS) is 7.38. The fraction of sp³-hybridized carbons (Fsp3) is 0. The number of halogens is 1. The van der Waals surface area contributed by atoms with Crippen LogP contribution in [-0.4, -0.2) is 0 Å². The monoisotopic (exact) mass is 179 g/mol. The first-order chi connectivity index (χ1) is 2.00. The molecule has 0 spiro atoms. The summed E-state index contributed by atoms with van der Waals surface area (Å²) in [5.74, 6) is 0. The second-order valence-corrected chi connectivity index (χ2v) is 1.34. The van der Waals surface area contributed by atoms with Crippen LogP contribution in [0.25, 0.3) is 0 Å². The van der Waals surface area contributed by atoms with Gasteiger partial charge in [0.2, 0.25) is 0 Å². The van der Waals surface area contributed by atoms with E-state index in [4.69, 9.17) is 19.2 Å². The Bertz CT molecular complexity index is 62.2. The summed E-state index contributed by atoms with van der Waals surface area (Å²) in [5, 5.41) is 0. The van der Waals surface area contributed by atoms with E-state index in [2.05, 4.69) is 0 Å². The van der Waals surface area contributed by atoms with Crippen molar-refractivity contribution in [2.24, 2.45) is 0 Å². The van der Waals surface area contributed by atoms with Crippen molar-refractivity contribution in [2.45, 2.75) is 0 Å². The van der Waals surface area contributed by atoms with E-state index in [9.17, 15) is 0 Å². The maximum absolute atomic E-state index is 8.55. The molecule has 0 aliphatic carbocycles. The van der Waals surface area contributed by atoms with Crippen molar-refractivity contribution in [1.29, 1.82) is 0 Å². The second-order valence-electron chi connectivity index (χ2n) is 0.447. The third-order valence-electron chi connectivity index (χ3n) is 0. The zero-order valence-electron chi connectivity index (χ0n) is 3.77.